The third-order valence-corrected chi connectivity index (χ3v) is 3.15. The molecule has 1 aromatic heterocycles. The van der Waals surface area contributed by atoms with Crippen LogP contribution in [0.3, 0.4) is 0 Å². The number of nitrogens with two attached hydrogens (primary N) is 1. The van der Waals surface area contributed by atoms with Crippen LogP contribution in [0.5, 0.6) is 0 Å². The first-order valence-electron chi connectivity index (χ1n) is 5.50. The van der Waals surface area contributed by atoms with E-state index in [9.17, 15) is 0 Å². The summed E-state index contributed by atoms with van der Waals surface area (Å²) in [5.41, 5.74) is 5.57. The molecular weight excluding hydrogens is 188 g/mol. The van der Waals surface area contributed by atoms with E-state index >= 15 is 0 Å². The first-order valence-corrected chi connectivity index (χ1v) is 5.50. The average Bonchev–Trinajstić information content (AvgIpc) is 2.66. The summed E-state index contributed by atoms with van der Waals surface area (Å²) in [4.78, 5) is 10.4. The highest BCUT2D eigenvalue weighted by Crippen LogP contribution is 2.26. The highest BCUT2D eigenvalue weighted by Gasteiger charge is 2.25. The lowest BCUT2D eigenvalue weighted by Crippen LogP contribution is -2.22. The van der Waals surface area contributed by atoms with Gasteiger partial charge in [-0.1, -0.05) is 13.8 Å². The summed E-state index contributed by atoms with van der Waals surface area (Å²) in [5, 5.41) is 0. The van der Waals surface area contributed by atoms with Crippen molar-refractivity contribution in [1.82, 2.24) is 9.97 Å². The molecule has 4 nitrogen and oxygen atoms in total. The fraction of sp³-hybridized carbons (Fsp3) is 0.636. The molecule has 0 amide bonds. The zero-order valence-corrected chi connectivity index (χ0v) is 9.35. The van der Waals surface area contributed by atoms with Crippen molar-refractivity contribution in [1.29, 1.82) is 0 Å². The lowest BCUT2D eigenvalue weighted by atomic mass is 9.95. The minimum Gasteiger partial charge on any atom is -0.368 e. The van der Waals surface area contributed by atoms with E-state index in [-0.39, 0.29) is 0 Å². The molecule has 0 aromatic carbocycles. The molecule has 15 heavy (non-hydrogen) atoms. The summed E-state index contributed by atoms with van der Waals surface area (Å²) in [7, 11) is 0. The van der Waals surface area contributed by atoms with Gasteiger partial charge in [-0.2, -0.15) is 4.98 Å². The van der Waals surface area contributed by atoms with Gasteiger partial charge in [0.05, 0.1) is 0 Å². The van der Waals surface area contributed by atoms with Crippen molar-refractivity contribution < 1.29 is 0 Å². The molecule has 82 valence electrons. The van der Waals surface area contributed by atoms with Crippen LogP contribution in [0.4, 0.5) is 11.8 Å². The molecule has 0 spiro atoms. The van der Waals surface area contributed by atoms with Crippen LogP contribution in [0.15, 0.2) is 12.3 Å². The Morgan fingerprint density at radius 2 is 2.33 bits per heavy atom. The summed E-state index contributed by atoms with van der Waals surface area (Å²) in [5.74, 6) is 2.85. The Bertz CT molecular complexity index is 337. The van der Waals surface area contributed by atoms with Gasteiger partial charge in [0, 0.05) is 19.3 Å². The zero-order chi connectivity index (χ0) is 10.8. The van der Waals surface area contributed by atoms with Gasteiger partial charge in [-0.15, -0.1) is 0 Å². The van der Waals surface area contributed by atoms with Gasteiger partial charge in [-0.05, 0) is 24.3 Å². The second-order valence-corrected chi connectivity index (χ2v) is 4.51. The fourth-order valence-electron chi connectivity index (χ4n) is 2.08. The summed E-state index contributed by atoms with van der Waals surface area (Å²) < 4.78 is 0. The van der Waals surface area contributed by atoms with Crippen molar-refractivity contribution in [3.63, 3.8) is 0 Å². The molecule has 1 aromatic rings. The van der Waals surface area contributed by atoms with Crippen molar-refractivity contribution in [3.8, 4) is 0 Å². The number of aromatic nitrogens is 2. The van der Waals surface area contributed by atoms with Gasteiger partial charge < -0.3 is 10.6 Å². The molecule has 0 saturated carbocycles. The van der Waals surface area contributed by atoms with E-state index in [1.807, 2.05) is 6.07 Å². The Morgan fingerprint density at radius 3 is 2.93 bits per heavy atom. The standard InChI is InChI=1S/C11H18N4/c1-8(2)9-4-6-15(7-9)10-3-5-13-11(12)14-10/h3,5,8-9H,4,6-7H2,1-2H3,(H2,12,13,14). The average molecular weight is 206 g/mol. The number of nitrogen functional groups attached to an aromatic ring is 1. The minimum atomic E-state index is 0.362. The van der Waals surface area contributed by atoms with Crippen molar-refractivity contribution in [3.05, 3.63) is 12.3 Å². The minimum absolute atomic E-state index is 0.362. The molecule has 4 heteroatoms. The second-order valence-electron chi connectivity index (χ2n) is 4.51. The van der Waals surface area contributed by atoms with Crippen LogP contribution in [0.1, 0.15) is 20.3 Å². The molecule has 1 saturated heterocycles. The first kappa shape index (κ1) is 10.2. The van der Waals surface area contributed by atoms with Crippen LogP contribution in [0.2, 0.25) is 0 Å². The first-order chi connectivity index (χ1) is 7.16. The molecule has 1 aliphatic rings. The smallest absolute Gasteiger partial charge is 0.221 e. The van der Waals surface area contributed by atoms with Crippen molar-refractivity contribution in [2.24, 2.45) is 11.8 Å². The number of nitrogens with zero attached hydrogens (tertiary/aromatic N) is 3. The number of hydrogen-bond donors (Lipinski definition) is 1. The highest BCUT2D eigenvalue weighted by molar-refractivity contribution is 5.41. The number of anilines is 2. The van der Waals surface area contributed by atoms with E-state index in [4.69, 9.17) is 5.73 Å². The van der Waals surface area contributed by atoms with E-state index in [2.05, 4.69) is 28.7 Å². The van der Waals surface area contributed by atoms with Crippen LogP contribution in [0, 0.1) is 11.8 Å². The maximum absolute atomic E-state index is 5.57. The van der Waals surface area contributed by atoms with Gasteiger partial charge in [0.15, 0.2) is 0 Å². The van der Waals surface area contributed by atoms with Gasteiger partial charge in [-0.25, -0.2) is 4.98 Å². The molecule has 0 bridgehead atoms. The molecule has 1 atom stereocenters. The molecule has 1 fully saturated rings. The number of rotatable bonds is 2. The van der Waals surface area contributed by atoms with Gasteiger partial charge in [0.1, 0.15) is 5.82 Å². The maximum Gasteiger partial charge on any atom is 0.221 e. The van der Waals surface area contributed by atoms with E-state index in [1.54, 1.807) is 6.20 Å². The molecule has 0 radical (unpaired) electrons. The van der Waals surface area contributed by atoms with Gasteiger partial charge >= 0.3 is 0 Å². The van der Waals surface area contributed by atoms with Gasteiger partial charge in [0.2, 0.25) is 5.95 Å². The summed E-state index contributed by atoms with van der Waals surface area (Å²) in [6.45, 7) is 6.73. The summed E-state index contributed by atoms with van der Waals surface area (Å²) >= 11 is 0. The van der Waals surface area contributed by atoms with Crippen LogP contribution in [0.25, 0.3) is 0 Å². The molecule has 2 rings (SSSR count). The van der Waals surface area contributed by atoms with Crippen molar-refractivity contribution in [2.75, 3.05) is 23.7 Å². The quantitative estimate of drug-likeness (QED) is 0.797. The van der Waals surface area contributed by atoms with Crippen LogP contribution < -0.4 is 10.6 Å². The lowest BCUT2D eigenvalue weighted by molar-refractivity contribution is 0.422. The Balaban J connectivity index is 2.08. The Labute approximate surface area is 90.5 Å². The summed E-state index contributed by atoms with van der Waals surface area (Å²) in [6.07, 6.45) is 2.97. The van der Waals surface area contributed by atoms with Crippen LogP contribution in [-0.4, -0.2) is 23.1 Å². The highest BCUT2D eigenvalue weighted by atomic mass is 15.2. The van der Waals surface area contributed by atoms with E-state index < -0.39 is 0 Å². The van der Waals surface area contributed by atoms with E-state index in [1.165, 1.54) is 6.42 Å². The largest absolute Gasteiger partial charge is 0.368 e. The third-order valence-electron chi connectivity index (χ3n) is 3.15. The molecule has 0 aliphatic carbocycles. The maximum atomic E-state index is 5.57. The van der Waals surface area contributed by atoms with Crippen LogP contribution >= 0.6 is 0 Å². The normalized spacial score (nSPS) is 21.3. The van der Waals surface area contributed by atoms with Crippen molar-refractivity contribution in [2.45, 2.75) is 20.3 Å². The Hall–Kier alpha value is -1.32. The molecule has 2 heterocycles. The van der Waals surface area contributed by atoms with E-state index in [0.717, 1.165) is 30.7 Å². The fourth-order valence-corrected chi connectivity index (χ4v) is 2.08. The monoisotopic (exact) mass is 206 g/mol. The zero-order valence-electron chi connectivity index (χ0n) is 9.35. The molecule has 2 N–H and O–H groups in total. The molecular formula is C11H18N4. The predicted molar refractivity (Wildman–Crippen MR) is 61.6 cm³/mol. The topological polar surface area (TPSA) is 55.0 Å². The molecule has 1 aliphatic heterocycles. The van der Waals surface area contributed by atoms with Gasteiger partial charge in [0.25, 0.3) is 0 Å². The summed E-state index contributed by atoms with van der Waals surface area (Å²) in [6, 6.07) is 1.93. The second kappa shape index (κ2) is 4.04. The molecule has 1 unspecified atom stereocenters. The Kier molecular flexibility index (Phi) is 2.75. The van der Waals surface area contributed by atoms with Gasteiger partial charge in [-0.3, -0.25) is 0 Å². The Morgan fingerprint density at radius 1 is 1.53 bits per heavy atom. The predicted octanol–water partition coefficient (Wildman–Crippen LogP) is 1.54. The SMILES string of the molecule is CC(C)C1CCN(c2ccnc(N)n2)C1. The lowest BCUT2D eigenvalue weighted by Gasteiger charge is -2.18. The number of hydrogen-bond acceptors (Lipinski definition) is 4. The third kappa shape index (κ3) is 2.19. The van der Waals surface area contributed by atoms with E-state index in [0.29, 0.717) is 5.95 Å². The van der Waals surface area contributed by atoms with Crippen LogP contribution in [-0.2, 0) is 0 Å². The van der Waals surface area contributed by atoms with Crippen molar-refractivity contribution >= 4 is 11.8 Å².